The van der Waals surface area contributed by atoms with Crippen LogP contribution in [0.5, 0.6) is 23.0 Å². The van der Waals surface area contributed by atoms with E-state index in [0.717, 1.165) is 59.8 Å². The van der Waals surface area contributed by atoms with Crippen molar-refractivity contribution in [3.63, 3.8) is 0 Å². The molecule has 0 saturated heterocycles. The van der Waals surface area contributed by atoms with Gasteiger partial charge in [-0.1, -0.05) is 75.3 Å². The molecular formula is C24H26O3. The van der Waals surface area contributed by atoms with Crippen LogP contribution in [0.2, 0.25) is 0 Å². The highest BCUT2D eigenvalue weighted by atomic mass is 16.6. The van der Waals surface area contributed by atoms with Crippen LogP contribution in [0.15, 0.2) is 60.7 Å². The van der Waals surface area contributed by atoms with Crippen LogP contribution < -0.4 is 9.47 Å². The van der Waals surface area contributed by atoms with E-state index in [1.165, 1.54) is 0 Å². The van der Waals surface area contributed by atoms with Gasteiger partial charge in [0.2, 0.25) is 0 Å². The van der Waals surface area contributed by atoms with Crippen molar-refractivity contribution >= 4 is 0 Å². The zero-order chi connectivity index (χ0) is 18.6. The fourth-order valence-corrected chi connectivity index (χ4v) is 3.24. The average Bonchev–Trinajstić information content (AvgIpc) is 3.59. The molecule has 2 unspecified atom stereocenters. The highest BCUT2D eigenvalue weighted by Crippen LogP contribution is 2.53. The Bertz CT molecular complexity index is 794. The molecule has 0 aliphatic carbocycles. The summed E-state index contributed by atoms with van der Waals surface area (Å²) < 4.78 is 17.8. The average molecular weight is 362 g/mol. The van der Waals surface area contributed by atoms with Crippen molar-refractivity contribution in [2.45, 2.75) is 51.7 Å². The molecule has 2 aromatic rings. The second-order valence-corrected chi connectivity index (χ2v) is 6.96. The first kappa shape index (κ1) is 17.9. The number of hydrogen-bond acceptors (Lipinski definition) is 3. The summed E-state index contributed by atoms with van der Waals surface area (Å²) in [6.45, 7) is 4.36. The smallest absolute Gasteiger partial charge is 0.176 e. The van der Waals surface area contributed by atoms with E-state index in [4.69, 9.17) is 14.2 Å². The maximum atomic E-state index is 6.61. The number of hydrogen-bond donors (Lipinski definition) is 0. The lowest BCUT2D eigenvalue weighted by molar-refractivity contribution is 0.0393. The van der Waals surface area contributed by atoms with Gasteiger partial charge in [0, 0.05) is 11.1 Å². The monoisotopic (exact) mass is 362 g/mol. The van der Waals surface area contributed by atoms with Crippen LogP contribution in [-0.4, -0.2) is 0 Å². The van der Waals surface area contributed by atoms with E-state index in [9.17, 15) is 0 Å². The number of fused-ring (bicyclic) bond motifs is 2. The molecule has 27 heavy (non-hydrogen) atoms. The van der Waals surface area contributed by atoms with Crippen molar-refractivity contribution in [3.05, 3.63) is 71.8 Å². The first-order chi connectivity index (χ1) is 13.3. The highest BCUT2D eigenvalue weighted by Gasteiger charge is 2.32. The minimum atomic E-state index is -0.153. The second-order valence-electron chi connectivity index (χ2n) is 6.96. The molecule has 140 valence electrons. The topological polar surface area (TPSA) is 34.3 Å². The van der Waals surface area contributed by atoms with Crippen LogP contribution in [0.3, 0.4) is 0 Å². The van der Waals surface area contributed by atoms with E-state index in [1.54, 1.807) is 0 Å². The SMILES string of the molecule is CCCC=CC(OC(C=CCCC)c1cccc2c1O2)c1cccc2c1O2. The largest absolute Gasteiger partial charge is 0.449 e. The van der Waals surface area contributed by atoms with E-state index in [1.807, 2.05) is 24.3 Å². The van der Waals surface area contributed by atoms with Gasteiger partial charge < -0.3 is 14.2 Å². The van der Waals surface area contributed by atoms with Crippen LogP contribution in [0.25, 0.3) is 0 Å². The quantitative estimate of drug-likeness (QED) is 0.217. The Morgan fingerprint density at radius 2 is 1.26 bits per heavy atom. The summed E-state index contributed by atoms with van der Waals surface area (Å²) in [5.74, 6) is 3.83. The Balaban J connectivity index is 1.62. The number of ether oxygens (including phenoxy) is 3. The summed E-state index contributed by atoms with van der Waals surface area (Å²) in [5, 5.41) is 0. The van der Waals surface area contributed by atoms with Crippen molar-refractivity contribution < 1.29 is 14.2 Å². The summed E-state index contributed by atoms with van der Waals surface area (Å²) in [5.41, 5.74) is 2.18. The molecule has 2 heterocycles. The summed E-state index contributed by atoms with van der Waals surface area (Å²) in [6, 6.07) is 12.2. The second kappa shape index (κ2) is 8.01. The lowest BCUT2D eigenvalue weighted by Gasteiger charge is -2.20. The zero-order valence-electron chi connectivity index (χ0n) is 16.0. The summed E-state index contributed by atoms with van der Waals surface area (Å²) in [4.78, 5) is 0. The number of allylic oxidation sites excluding steroid dienone is 2. The third-order valence-electron chi connectivity index (χ3n) is 4.80. The van der Waals surface area contributed by atoms with E-state index < -0.39 is 0 Å². The molecule has 0 bridgehead atoms. The molecule has 0 amide bonds. The molecule has 3 heteroatoms. The van der Waals surface area contributed by atoms with Gasteiger partial charge in [-0.2, -0.15) is 0 Å². The van der Waals surface area contributed by atoms with E-state index in [2.05, 4.69) is 50.3 Å². The van der Waals surface area contributed by atoms with Gasteiger partial charge >= 0.3 is 0 Å². The van der Waals surface area contributed by atoms with Gasteiger partial charge in [0.15, 0.2) is 23.0 Å². The minimum absolute atomic E-state index is 0.153. The van der Waals surface area contributed by atoms with Crippen molar-refractivity contribution in [3.8, 4) is 23.0 Å². The van der Waals surface area contributed by atoms with Crippen LogP contribution in [0, 0.1) is 0 Å². The number of para-hydroxylation sites is 2. The van der Waals surface area contributed by atoms with Gasteiger partial charge in [-0.25, -0.2) is 0 Å². The Morgan fingerprint density at radius 1 is 0.778 bits per heavy atom. The standard InChI is InChI=1S/C24H26O3/c1-3-5-7-13-19(17-11-9-15-21-23(17)26-21)25-20(14-8-6-4-2)18-12-10-16-22-24(18)27-22/h7-16,19-20H,3-6H2,1-2H3. The van der Waals surface area contributed by atoms with E-state index in [0.29, 0.717) is 0 Å². The van der Waals surface area contributed by atoms with Crippen LogP contribution in [-0.2, 0) is 4.74 Å². The molecule has 0 N–H and O–H groups in total. The molecule has 0 fully saturated rings. The van der Waals surface area contributed by atoms with Crippen molar-refractivity contribution in [1.29, 1.82) is 0 Å². The molecule has 2 atom stereocenters. The molecule has 2 aliphatic heterocycles. The van der Waals surface area contributed by atoms with Gasteiger partial charge in [-0.05, 0) is 25.0 Å². The summed E-state index contributed by atoms with van der Waals surface area (Å²) >= 11 is 0. The number of rotatable bonds is 10. The van der Waals surface area contributed by atoms with Crippen molar-refractivity contribution in [1.82, 2.24) is 0 Å². The lowest BCUT2D eigenvalue weighted by atomic mass is 10.1. The molecule has 0 spiro atoms. The zero-order valence-corrected chi connectivity index (χ0v) is 16.0. The first-order valence-corrected chi connectivity index (χ1v) is 9.92. The van der Waals surface area contributed by atoms with E-state index in [-0.39, 0.29) is 12.2 Å². The predicted octanol–water partition coefficient (Wildman–Crippen LogP) is 7.41. The van der Waals surface area contributed by atoms with Gasteiger partial charge in [-0.3, -0.25) is 0 Å². The van der Waals surface area contributed by atoms with Gasteiger partial charge in [0.05, 0.1) is 0 Å². The summed E-state index contributed by atoms with van der Waals surface area (Å²) in [6.07, 6.45) is 12.7. The Kier molecular flexibility index (Phi) is 5.30. The van der Waals surface area contributed by atoms with Crippen molar-refractivity contribution in [2.24, 2.45) is 0 Å². The molecule has 2 aliphatic rings. The molecular weight excluding hydrogens is 336 g/mol. The molecule has 3 nitrogen and oxygen atoms in total. The number of benzene rings is 2. The highest BCUT2D eigenvalue weighted by molar-refractivity contribution is 5.61. The Hall–Kier alpha value is -2.52. The molecule has 0 saturated carbocycles. The van der Waals surface area contributed by atoms with Gasteiger partial charge in [0.1, 0.15) is 12.2 Å². The normalized spacial score (nSPS) is 15.8. The van der Waals surface area contributed by atoms with Gasteiger partial charge in [0.25, 0.3) is 0 Å². The third-order valence-corrected chi connectivity index (χ3v) is 4.80. The maximum absolute atomic E-state index is 6.61. The molecule has 2 aromatic carbocycles. The molecule has 4 rings (SSSR count). The first-order valence-electron chi connectivity index (χ1n) is 9.92. The maximum Gasteiger partial charge on any atom is 0.176 e. The Morgan fingerprint density at radius 3 is 1.70 bits per heavy atom. The molecule has 0 aromatic heterocycles. The summed E-state index contributed by atoms with van der Waals surface area (Å²) in [7, 11) is 0. The van der Waals surface area contributed by atoms with Crippen LogP contribution in [0.1, 0.15) is 62.9 Å². The molecule has 0 radical (unpaired) electrons. The van der Waals surface area contributed by atoms with E-state index >= 15 is 0 Å². The predicted molar refractivity (Wildman–Crippen MR) is 108 cm³/mol. The Labute approximate surface area is 161 Å². The minimum Gasteiger partial charge on any atom is -0.449 e. The number of unbranched alkanes of at least 4 members (excludes halogenated alkanes) is 2. The fourth-order valence-electron chi connectivity index (χ4n) is 3.24. The fraction of sp³-hybridized carbons (Fsp3) is 0.333. The van der Waals surface area contributed by atoms with Gasteiger partial charge in [-0.15, -0.1) is 0 Å². The van der Waals surface area contributed by atoms with Crippen molar-refractivity contribution in [2.75, 3.05) is 0 Å². The van der Waals surface area contributed by atoms with Crippen LogP contribution >= 0.6 is 0 Å². The third kappa shape index (κ3) is 4.09. The van der Waals surface area contributed by atoms with Crippen LogP contribution in [0.4, 0.5) is 0 Å². The lowest BCUT2D eigenvalue weighted by Crippen LogP contribution is -2.07.